The molecule has 0 unspecified atom stereocenters. The zero-order valence-corrected chi connectivity index (χ0v) is 9.14. The molecule has 1 amide bonds. The lowest BCUT2D eigenvalue weighted by Crippen LogP contribution is -2.34. The van der Waals surface area contributed by atoms with Gasteiger partial charge in [0, 0.05) is 5.54 Å². The van der Waals surface area contributed by atoms with Gasteiger partial charge in [0.15, 0.2) is 0 Å². The third-order valence-corrected chi connectivity index (χ3v) is 2.82. The summed E-state index contributed by atoms with van der Waals surface area (Å²) in [4.78, 5) is 15.6. The zero-order chi connectivity index (χ0) is 11.1. The number of amides is 1. The highest BCUT2D eigenvalue weighted by molar-refractivity contribution is 6.32. The van der Waals surface area contributed by atoms with Crippen molar-refractivity contribution in [2.45, 2.75) is 25.3 Å². The lowest BCUT2D eigenvalue weighted by atomic mass is 10.2. The Morgan fingerprint density at radius 1 is 1.67 bits per heavy atom. The van der Waals surface area contributed by atoms with Crippen molar-refractivity contribution >= 4 is 23.2 Å². The fourth-order valence-corrected chi connectivity index (χ4v) is 1.47. The molecule has 0 spiro atoms. The van der Waals surface area contributed by atoms with E-state index in [0.717, 1.165) is 12.8 Å². The van der Waals surface area contributed by atoms with Crippen LogP contribution in [-0.4, -0.2) is 16.4 Å². The van der Waals surface area contributed by atoms with E-state index in [1.807, 2.05) is 6.92 Å². The summed E-state index contributed by atoms with van der Waals surface area (Å²) in [7, 11) is 0. The molecule has 0 radical (unpaired) electrons. The van der Waals surface area contributed by atoms with Crippen molar-refractivity contribution in [1.29, 1.82) is 0 Å². The maximum Gasteiger partial charge on any atom is 0.254 e. The van der Waals surface area contributed by atoms with Gasteiger partial charge >= 0.3 is 0 Å². The highest BCUT2D eigenvalue weighted by Gasteiger charge is 2.39. The number of pyridine rings is 1. The van der Waals surface area contributed by atoms with E-state index >= 15 is 0 Å². The standard InChI is InChI=1S/C10H12ClN3O/c1-10(2-3-10)14-9(15)7-4-6(12)5-13-8(7)11/h4-5H,2-3,12H2,1H3,(H,14,15). The van der Waals surface area contributed by atoms with Crippen LogP contribution in [0.4, 0.5) is 5.69 Å². The van der Waals surface area contributed by atoms with Crippen LogP contribution in [-0.2, 0) is 0 Å². The van der Waals surface area contributed by atoms with Gasteiger partial charge in [-0.05, 0) is 25.8 Å². The van der Waals surface area contributed by atoms with Crippen molar-refractivity contribution in [3.63, 3.8) is 0 Å². The van der Waals surface area contributed by atoms with Crippen LogP contribution >= 0.6 is 11.6 Å². The first-order valence-corrected chi connectivity index (χ1v) is 5.11. The molecule has 0 saturated heterocycles. The molecule has 1 fully saturated rings. The van der Waals surface area contributed by atoms with Gasteiger partial charge in [-0.3, -0.25) is 4.79 Å². The molecule has 1 aliphatic rings. The van der Waals surface area contributed by atoms with Crippen molar-refractivity contribution in [3.05, 3.63) is 23.0 Å². The van der Waals surface area contributed by atoms with Gasteiger partial charge < -0.3 is 11.1 Å². The average molecular weight is 226 g/mol. The normalized spacial score (nSPS) is 17.2. The number of nitrogens with two attached hydrogens (primary N) is 1. The van der Waals surface area contributed by atoms with Gasteiger partial charge in [-0.2, -0.15) is 0 Å². The number of aromatic nitrogens is 1. The molecule has 5 heteroatoms. The fraction of sp³-hybridized carbons (Fsp3) is 0.400. The topological polar surface area (TPSA) is 68.0 Å². The lowest BCUT2D eigenvalue weighted by molar-refractivity contribution is 0.0935. The van der Waals surface area contributed by atoms with Crippen LogP contribution < -0.4 is 11.1 Å². The van der Waals surface area contributed by atoms with Gasteiger partial charge in [-0.15, -0.1) is 0 Å². The number of carbonyl (C=O) groups is 1. The summed E-state index contributed by atoms with van der Waals surface area (Å²) in [5, 5.41) is 3.08. The molecule has 1 saturated carbocycles. The number of hydrogen-bond acceptors (Lipinski definition) is 3. The van der Waals surface area contributed by atoms with E-state index in [2.05, 4.69) is 10.3 Å². The third kappa shape index (κ3) is 2.21. The maximum absolute atomic E-state index is 11.8. The molecule has 4 nitrogen and oxygen atoms in total. The SMILES string of the molecule is CC1(NC(=O)c2cc(N)cnc2Cl)CC1. The summed E-state index contributed by atoms with van der Waals surface area (Å²) in [6.45, 7) is 2.00. The molecule has 1 heterocycles. The molecule has 0 atom stereocenters. The molecule has 1 aliphatic carbocycles. The second kappa shape index (κ2) is 3.38. The first kappa shape index (κ1) is 10.2. The van der Waals surface area contributed by atoms with E-state index in [1.165, 1.54) is 12.3 Å². The molecule has 1 aromatic rings. The average Bonchev–Trinajstić information content (AvgIpc) is 2.87. The van der Waals surface area contributed by atoms with Crippen molar-refractivity contribution in [1.82, 2.24) is 10.3 Å². The summed E-state index contributed by atoms with van der Waals surface area (Å²) < 4.78 is 0. The molecule has 0 aliphatic heterocycles. The smallest absolute Gasteiger partial charge is 0.254 e. The van der Waals surface area contributed by atoms with E-state index in [1.54, 1.807) is 0 Å². The highest BCUT2D eigenvalue weighted by atomic mass is 35.5. The van der Waals surface area contributed by atoms with E-state index in [0.29, 0.717) is 11.3 Å². The number of carbonyl (C=O) groups excluding carboxylic acids is 1. The Bertz CT molecular complexity index is 415. The maximum atomic E-state index is 11.8. The predicted molar refractivity (Wildman–Crippen MR) is 58.8 cm³/mol. The van der Waals surface area contributed by atoms with Gasteiger partial charge in [-0.1, -0.05) is 11.6 Å². The predicted octanol–water partition coefficient (Wildman–Crippen LogP) is 1.60. The molecule has 15 heavy (non-hydrogen) atoms. The minimum Gasteiger partial charge on any atom is -0.397 e. The molecular weight excluding hydrogens is 214 g/mol. The second-order valence-corrected chi connectivity index (χ2v) is 4.48. The van der Waals surface area contributed by atoms with Crippen molar-refractivity contribution < 1.29 is 4.79 Å². The highest BCUT2D eigenvalue weighted by Crippen LogP contribution is 2.34. The van der Waals surface area contributed by atoms with Crippen LogP contribution in [0.3, 0.4) is 0 Å². The van der Waals surface area contributed by atoms with E-state index < -0.39 is 0 Å². The van der Waals surface area contributed by atoms with E-state index in [-0.39, 0.29) is 16.6 Å². The minimum absolute atomic E-state index is 0.0645. The summed E-state index contributed by atoms with van der Waals surface area (Å²) >= 11 is 5.81. The Labute approximate surface area is 92.8 Å². The molecular formula is C10H12ClN3O. The van der Waals surface area contributed by atoms with Gasteiger partial charge in [0.05, 0.1) is 17.4 Å². The number of hydrogen-bond donors (Lipinski definition) is 2. The van der Waals surface area contributed by atoms with Crippen LogP contribution in [0.25, 0.3) is 0 Å². The molecule has 0 aromatic carbocycles. The minimum atomic E-state index is -0.209. The van der Waals surface area contributed by atoms with Gasteiger partial charge in [0.1, 0.15) is 5.15 Å². The number of rotatable bonds is 2. The van der Waals surface area contributed by atoms with Crippen molar-refractivity contribution in [2.75, 3.05) is 5.73 Å². The number of nitrogens with zero attached hydrogens (tertiary/aromatic N) is 1. The molecule has 2 rings (SSSR count). The first-order valence-electron chi connectivity index (χ1n) is 4.74. The summed E-state index contributed by atoms with van der Waals surface area (Å²) in [5.74, 6) is -0.209. The van der Waals surface area contributed by atoms with Crippen LogP contribution in [0.15, 0.2) is 12.3 Å². The molecule has 80 valence electrons. The molecule has 0 bridgehead atoms. The number of nitrogen functional groups attached to an aromatic ring is 1. The monoisotopic (exact) mass is 225 g/mol. The van der Waals surface area contributed by atoms with Crippen molar-refractivity contribution in [3.8, 4) is 0 Å². The fourth-order valence-electron chi connectivity index (χ4n) is 1.28. The van der Waals surface area contributed by atoms with Crippen LogP contribution in [0.5, 0.6) is 0 Å². The van der Waals surface area contributed by atoms with Gasteiger partial charge in [0.2, 0.25) is 0 Å². The lowest BCUT2D eigenvalue weighted by Gasteiger charge is -2.12. The van der Waals surface area contributed by atoms with Gasteiger partial charge in [0.25, 0.3) is 5.91 Å². The molecule has 3 N–H and O–H groups in total. The van der Waals surface area contributed by atoms with E-state index in [4.69, 9.17) is 17.3 Å². The Hall–Kier alpha value is -1.29. The van der Waals surface area contributed by atoms with Crippen LogP contribution in [0.2, 0.25) is 5.15 Å². The summed E-state index contributed by atoms with van der Waals surface area (Å²) in [5.41, 5.74) is 6.25. The van der Waals surface area contributed by atoms with Crippen LogP contribution in [0, 0.1) is 0 Å². The Kier molecular flexibility index (Phi) is 2.31. The largest absolute Gasteiger partial charge is 0.397 e. The number of anilines is 1. The Morgan fingerprint density at radius 3 is 2.93 bits per heavy atom. The second-order valence-electron chi connectivity index (χ2n) is 4.12. The Morgan fingerprint density at radius 2 is 2.33 bits per heavy atom. The first-order chi connectivity index (χ1) is 7.00. The molecule has 1 aromatic heterocycles. The Balaban J connectivity index is 2.21. The quantitative estimate of drug-likeness (QED) is 0.752. The van der Waals surface area contributed by atoms with E-state index in [9.17, 15) is 4.79 Å². The summed E-state index contributed by atoms with van der Waals surface area (Å²) in [6, 6.07) is 1.54. The number of nitrogens with one attached hydrogen (secondary N) is 1. The van der Waals surface area contributed by atoms with Crippen molar-refractivity contribution in [2.24, 2.45) is 0 Å². The van der Waals surface area contributed by atoms with Crippen LogP contribution in [0.1, 0.15) is 30.1 Å². The summed E-state index contributed by atoms with van der Waals surface area (Å²) in [6.07, 6.45) is 3.44. The van der Waals surface area contributed by atoms with Gasteiger partial charge in [-0.25, -0.2) is 4.98 Å². The third-order valence-electron chi connectivity index (χ3n) is 2.52. The zero-order valence-electron chi connectivity index (χ0n) is 8.38. The number of halogens is 1.